The monoisotopic (exact) mass is 457 g/mol. The molecule has 0 saturated carbocycles. The molecule has 1 heterocycles. The van der Waals surface area contributed by atoms with Crippen LogP contribution in [0.2, 0.25) is 0 Å². The summed E-state index contributed by atoms with van der Waals surface area (Å²) in [5, 5.41) is 4.51. The summed E-state index contributed by atoms with van der Waals surface area (Å²) in [5.74, 6) is 1.25. The summed E-state index contributed by atoms with van der Waals surface area (Å²) in [6.45, 7) is 1.94. The van der Waals surface area contributed by atoms with E-state index in [0.29, 0.717) is 11.6 Å². The van der Waals surface area contributed by atoms with Gasteiger partial charge in [0, 0.05) is 27.4 Å². The molecule has 5 nitrogen and oxygen atoms in total. The van der Waals surface area contributed by atoms with Gasteiger partial charge in [-0.2, -0.15) is 5.10 Å². The van der Waals surface area contributed by atoms with Crippen LogP contribution in [0.1, 0.15) is 12.5 Å². The molecule has 0 aliphatic heterocycles. The third kappa shape index (κ3) is 4.72. The molecule has 0 spiro atoms. The molecule has 4 aromatic rings. The third-order valence-electron chi connectivity index (χ3n) is 4.56. The van der Waals surface area contributed by atoms with Crippen molar-refractivity contribution in [3.8, 4) is 22.6 Å². The quantitative estimate of drug-likeness (QED) is 0.219. The minimum atomic E-state index is 0.622. The zero-order valence-corrected chi connectivity index (χ0v) is 18.0. The maximum absolute atomic E-state index is 5.77. The van der Waals surface area contributed by atoms with Crippen molar-refractivity contribution >= 4 is 33.1 Å². The Morgan fingerprint density at radius 1 is 0.867 bits per heavy atom. The Morgan fingerprint density at radius 3 is 2.27 bits per heavy atom. The standard InChI is InChI=1S/C24H20BrN5/c1-16(17-9-13-21(26)14-10-17)29-30-23-15-22(18-5-3-2-4-6-18)27-24(28-23)19-7-11-20(25)12-8-19/h2-15H,26H2,1H3,(H,27,28,30)/b29-16+. The average Bonchev–Trinajstić information content (AvgIpc) is 2.79. The normalized spacial score (nSPS) is 11.3. The number of hydrogen-bond donors (Lipinski definition) is 2. The lowest BCUT2D eigenvalue weighted by molar-refractivity contribution is 1.15. The number of nitrogens with zero attached hydrogens (tertiary/aromatic N) is 3. The second-order valence-corrected chi connectivity index (χ2v) is 7.68. The van der Waals surface area contributed by atoms with Crippen LogP contribution in [0.15, 0.2) is 94.5 Å². The number of halogens is 1. The number of hydrazone groups is 1. The lowest BCUT2D eigenvalue weighted by atomic mass is 10.1. The van der Waals surface area contributed by atoms with E-state index in [2.05, 4.69) is 31.4 Å². The Bertz CT molecular complexity index is 1170. The molecule has 0 radical (unpaired) electrons. The zero-order chi connectivity index (χ0) is 20.9. The summed E-state index contributed by atoms with van der Waals surface area (Å²) in [7, 11) is 0. The molecule has 0 amide bonds. The fraction of sp³-hybridized carbons (Fsp3) is 0.0417. The lowest BCUT2D eigenvalue weighted by Crippen LogP contribution is -2.03. The second-order valence-electron chi connectivity index (χ2n) is 6.77. The lowest BCUT2D eigenvalue weighted by Gasteiger charge is -2.09. The molecule has 1 aromatic heterocycles. The zero-order valence-electron chi connectivity index (χ0n) is 16.4. The van der Waals surface area contributed by atoms with Crippen LogP contribution in [-0.4, -0.2) is 15.7 Å². The number of benzene rings is 3. The Hall–Kier alpha value is -3.51. The van der Waals surface area contributed by atoms with Crippen molar-refractivity contribution < 1.29 is 0 Å². The largest absolute Gasteiger partial charge is 0.399 e. The summed E-state index contributed by atoms with van der Waals surface area (Å²) in [4.78, 5) is 9.44. The number of nitrogens with one attached hydrogen (secondary N) is 1. The van der Waals surface area contributed by atoms with E-state index in [-0.39, 0.29) is 0 Å². The van der Waals surface area contributed by atoms with Crippen molar-refractivity contribution in [1.82, 2.24) is 9.97 Å². The Morgan fingerprint density at radius 2 is 1.57 bits per heavy atom. The molecule has 0 aliphatic carbocycles. The molecule has 3 N–H and O–H groups in total. The van der Waals surface area contributed by atoms with Gasteiger partial charge >= 0.3 is 0 Å². The van der Waals surface area contributed by atoms with Crippen molar-refractivity contribution in [3.63, 3.8) is 0 Å². The average molecular weight is 458 g/mol. The number of rotatable bonds is 5. The summed E-state index contributed by atoms with van der Waals surface area (Å²) < 4.78 is 1.01. The first-order valence-electron chi connectivity index (χ1n) is 9.45. The van der Waals surface area contributed by atoms with Gasteiger partial charge in [-0.05, 0) is 36.8 Å². The van der Waals surface area contributed by atoms with Gasteiger partial charge < -0.3 is 5.73 Å². The third-order valence-corrected chi connectivity index (χ3v) is 5.09. The van der Waals surface area contributed by atoms with Crippen LogP contribution >= 0.6 is 15.9 Å². The van der Waals surface area contributed by atoms with Gasteiger partial charge in [0.25, 0.3) is 0 Å². The fourth-order valence-corrected chi connectivity index (χ4v) is 3.18. The molecule has 4 rings (SSSR count). The molecule has 0 aliphatic rings. The molecule has 30 heavy (non-hydrogen) atoms. The predicted molar refractivity (Wildman–Crippen MR) is 127 cm³/mol. The van der Waals surface area contributed by atoms with Gasteiger partial charge in [-0.15, -0.1) is 0 Å². The highest BCUT2D eigenvalue weighted by Crippen LogP contribution is 2.25. The van der Waals surface area contributed by atoms with E-state index in [0.717, 1.165) is 38.3 Å². The minimum absolute atomic E-state index is 0.622. The molecule has 0 fully saturated rings. The van der Waals surface area contributed by atoms with Crippen molar-refractivity contribution in [3.05, 3.63) is 95.0 Å². The molecular formula is C24H20BrN5. The molecule has 0 bridgehead atoms. The van der Waals surface area contributed by atoms with Gasteiger partial charge in [0.2, 0.25) is 0 Å². The van der Waals surface area contributed by atoms with E-state index in [4.69, 9.17) is 10.7 Å². The molecule has 3 aromatic carbocycles. The van der Waals surface area contributed by atoms with Gasteiger partial charge in [0.1, 0.15) is 0 Å². The van der Waals surface area contributed by atoms with Crippen molar-refractivity contribution in [2.45, 2.75) is 6.92 Å². The van der Waals surface area contributed by atoms with Crippen molar-refractivity contribution in [2.75, 3.05) is 11.2 Å². The first kappa shape index (κ1) is 19.8. The topological polar surface area (TPSA) is 76.2 Å². The maximum atomic E-state index is 5.77. The number of aromatic nitrogens is 2. The van der Waals surface area contributed by atoms with Crippen LogP contribution in [0, 0.1) is 0 Å². The highest BCUT2D eigenvalue weighted by Gasteiger charge is 2.09. The van der Waals surface area contributed by atoms with E-state index < -0.39 is 0 Å². The number of nitrogens with two attached hydrogens (primary N) is 1. The summed E-state index contributed by atoms with van der Waals surface area (Å²) in [6.07, 6.45) is 0. The first-order valence-corrected chi connectivity index (χ1v) is 10.2. The second kappa shape index (κ2) is 8.88. The number of nitrogen functional groups attached to an aromatic ring is 1. The molecule has 0 saturated heterocycles. The maximum Gasteiger partial charge on any atom is 0.162 e. The Balaban J connectivity index is 1.71. The van der Waals surface area contributed by atoms with Gasteiger partial charge in [-0.25, -0.2) is 9.97 Å². The Kier molecular flexibility index (Phi) is 5.86. The molecular weight excluding hydrogens is 438 g/mol. The van der Waals surface area contributed by atoms with Crippen LogP contribution in [0.25, 0.3) is 22.6 Å². The van der Waals surface area contributed by atoms with Crippen LogP contribution in [-0.2, 0) is 0 Å². The van der Waals surface area contributed by atoms with Crippen LogP contribution < -0.4 is 11.2 Å². The smallest absolute Gasteiger partial charge is 0.162 e. The van der Waals surface area contributed by atoms with E-state index in [1.165, 1.54) is 0 Å². The highest BCUT2D eigenvalue weighted by atomic mass is 79.9. The van der Waals surface area contributed by atoms with E-state index >= 15 is 0 Å². The molecule has 0 atom stereocenters. The van der Waals surface area contributed by atoms with Gasteiger partial charge in [-0.3, -0.25) is 5.43 Å². The van der Waals surface area contributed by atoms with Crippen LogP contribution in [0.5, 0.6) is 0 Å². The highest BCUT2D eigenvalue weighted by molar-refractivity contribution is 9.10. The van der Waals surface area contributed by atoms with Crippen LogP contribution in [0.3, 0.4) is 0 Å². The summed E-state index contributed by atoms with van der Waals surface area (Å²) >= 11 is 3.47. The van der Waals surface area contributed by atoms with Crippen molar-refractivity contribution in [2.24, 2.45) is 5.10 Å². The van der Waals surface area contributed by atoms with Gasteiger partial charge in [0.05, 0.1) is 11.4 Å². The van der Waals surface area contributed by atoms with E-state index in [1.807, 2.05) is 91.9 Å². The van der Waals surface area contributed by atoms with Gasteiger partial charge in [-0.1, -0.05) is 70.5 Å². The predicted octanol–water partition coefficient (Wildman–Crippen LogP) is 5.99. The van der Waals surface area contributed by atoms with E-state index in [9.17, 15) is 0 Å². The van der Waals surface area contributed by atoms with Gasteiger partial charge in [0.15, 0.2) is 11.6 Å². The number of hydrogen-bond acceptors (Lipinski definition) is 5. The number of anilines is 2. The molecule has 148 valence electrons. The molecule has 6 heteroatoms. The van der Waals surface area contributed by atoms with Crippen molar-refractivity contribution in [1.29, 1.82) is 0 Å². The Labute approximate surface area is 183 Å². The minimum Gasteiger partial charge on any atom is -0.399 e. The van der Waals surface area contributed by atoms with E-state index in [1.54, 1.807) is 0 Å². The van der Waals surface area contributed by atoms with Crippen LogP contribution in [0.4, 0.5) is 11.5 Å². The molecule has 0 unspecified atom stereocenters. The summed E-state index contributed by atoms with van der Waals surface area (Å²) in [6, 6.07) is 27.5. The SMILES string of the molecule is C/C(=N\Nc1cc(-c2ccccc2)nc(-c2ccc(Br)cc2)n1)c1ccc(N)cc1. The fourth-order valence-electron chi connectivity index (χ4n) is 2.92. The first-order chi connectivity index (χ1) is 14.6. The summed E-state index contributed by atoms with van der Waals surface area (Å²) in [5.41, 5.74) is 14.2.